The number of aliphatic hydroxyl groups excluding tert-OH is 1. The van der Waals surface area contributed by atoms with Crippen LogP contribution in [0.3, 0.4) is 0 Å². The molecule has 1 aromatic carbocycles. The summed E-state index contributed by atoms with van der Waals surface area (Å²) in [5, 5.41) is 9.86. The number of furan rings is 1. The van der Waals surface area contributed by atoms with E-state index in [0.717, 1.165) is 17.7 Å². The van der Waals surface area contributed by atoms with E-state index >= 15 is 0 Å². The standard InChI is InChI=1S/C13H11F3O2/c14-13(15,16)11-3-1-10(2-4-11)12(17)7-9-5-6-18-8-9/h1-6,8,12,17H,7H2. The number of aliphatic hydroxyl groups is 1. The smallest absolute Gasteiger partial charge is 0.416 e. The second-order valence-corrected chi connectivity index (χ2v) is 3.97. The lowest BCUT2D eigenvalue weighted by Crippen LogP contribution is -2.06. The number of rotatable bonds is 3. The monoisotopic (exact) mass is 256 g/mol. The molecule has 96 valence electrons. The first kappa shape index (κ1) is 12.7. The van der Waals surface area contributed by atoms with Gasteiger partial charge in [0, 0.05) is 6.42 Å². The number of hydrogen-bond donors (Lipinski definition) is 1. The van der Waals surface area contributed by atoms with Crippen molar-refractivity contribution >= 4 is 0 Å². The molecule has 1 N–H and O–H groups in total. The average molecular weight is 256 g/mol. The lowest BCUT2D eigenvalue weighted by molar-refractivity contribution is -0.137. The van der Waals surface area contributed by atoms with Crippen LogP contribution >= 0.6 is 0 Å². The van der Waals surface area contributed by atoms with Gasteiger partial charge < -0.3 is 9.52 Å². The maximum Gasteiger partial charge on any atom is 0.416 e. The normalized spacial score (nSPS) is 13.6. The molecule has 0 radical (unpaired) electrons. The van der Waals surface area contributed by atoms with Gasteiger partial charge in [0.05, 0.1) is 24.2 Å². The molecule has 0 saturated heterocycles. The van der Waals surface area contributed by atoms with Crippen LogP contribution < -0.4 is 0 Å². The zero-order valence-electron chi connectivity index (χ0n) is 9.32. The molecule has 0 bridgehead atoms. The van der Waals surface area contributed by atoms with E-state index in [1.54, 1.807) is 6.07 Å². The van der Waals surface area contributed by atoms with Crippen LogP contribution in [0.15, 0.2) is 47.3 Å². The van der Waals surface area contributed by atoms with Gasteiger partial charge >= 0.3 is 6.18 Å². The quantitative estimate of drug-likeness (QED) is 0.910. The predicted molar refractivity (Wildman–Crippen MR) is 58.8 cm³/mol. The largest absolute Gasteiger partial charge is 0.472 e. The number of hydrogen-bond acceptors (Lipinski definition) is 2. The molecule has 0 aliphatic rings. The summed E-state index contributed by atoms with van der Waals surface area (Å²) in [5.41, 5.74) is 0.522. The predicted octanol–water partition coefficient (Wildman–Crippen LogP) is 3.57. The Kier molecular flexibility index (Phi) is 3.43. The molecule has 5 heteroatoms. The van der Waals surface area contributed by atoms with Crippen LogP contribution in [0.5, 0.6) is 0 Å². The molecule has 1 unspecified atom stereocenters. The van der Waals surface area contributed by atoms with Gasteiger partial charge in [-0.25, -0.2) is 0 Å². The SMILES string of the molecule is OC(Cc1ccoc1)c1ccc(C(F)(F)F)cc1. The minimum atomic E-state index is -4.35. The summed E-state index contributed by atoms with van der Waals surface area (Å²) in [6, 6.07) is 6.20. The summed E-state index contributed by atoms with van der Waals surface area (Å²) in [6.45, 7) is 0. The third-order valence-electron chi connectivity index (χ3n) is 2.63. The summed E-state index contributed by atoms with van der Waals surface area (Å²) in [7, 11) is 0. The minimum absolute atomic E-state index is 0.307. The lowest BCUT2D eigenvalue weighted by Gasteiger charge is -2.11. The molecule has 0 amide bonds. The second-order valence-electron chi connectivity index (χ2n) is 3.97. The van der Waals surface area contributed by atoms with Crippen LogP contribution in [-0.4, -0.2) is 5.11 Å². The molecule has 18 heavy (non-hydrogen) atoms. The van der Waals surface area contributed by atoms with Crippen molar-refractivity contribution in [2.45, 2.75) is 18.7 Å². The molecule has 0 aliphatic carbocycles. The molecular weight excluding hydrogens is 245 g/mol. The highest BCUT2D eigenvalue weighted by molar-refractivity contribution is 5.27. The van der Waals surface area contributed by atoms with E-state index in [9.17, 15) is 18.3 Å². The summed E-state index contributed by atoms with van der Waals surface area (Å²) < 4.78 is 41.9. The summed E-state index contributed by atoms with van der Waals surface area (Å²) >= 11 is 0. The van der Waals surface area contributed by atoms with E-state index in [0.29, 0.717) is 12.0 Å². The van der Waals surface area contributed by atoms with Gasteiger partial charge in [0.15, 0.2) is 0 Å². The molecule has 1 aromatic heterocycles. The maximum atomic E-state index is 12.4. The lowest BCUT2D eigenvalue weighted by atomic mass is 10.0. The van der Waals surface area contributed by atoms with Crippen LogP contribution in [0.4, 0.5) is 13.2 Å². The number of alkyl halides is 3. The van der Waals surface area contributed by atoms with Gasteiger partial charge in [-0.1, -0.05) is 12.1 Å². The summed E-state index contributed by atoms with van der Waals surface area (Å²) in [4.78, 5) is 0. The van der Waals surface area contributed by atoms with Crippen molar-refractivity contribution in [2.24, 2.45) is 0 Å². The number of benzene rings is 1. The van der Waals surface area contributed by atoms with Crippen molar-refractivity contribution in [2.75, 3.05) is 0 Å². The molecule has 0 aliphatic heterocycles. The zero-order chi connectivity index (χ0) is 13.2. The van der Waals surface area contributed by atoms with Gasteiger partial charge in [-0.3, -0.25) is 0 Å². The molecule has 0 saturated carbocycles. The third-order valence-corrected chi connectivity index (χ3v) is 2.63. The van der Waals surface area contributed by atoms with Crippen LogP contribution in [0, 0.1) is 0 Å². The fourth-order valence-corrected chi connectivity index (χ4v) is 1.64. The van der Waals surface area contributed by atoms with Crippen LogP contribution in [0.2, 0.25) is 0 Å². The van der Waals surface area contributed by atoms with E-state index in [-0.39, 0.29) is 0 Å². The molecule has 0 spiro atoms. The highest BCUT2D eigenvalue weighted by atomic mass is 19.4. The fourth-order valence-electron chi connectivity index (χ4n) is 1.64. The van der Waals surface area contributed by atoms with Crippen molar-refractivity contribution in [3.8, 4) is 0 Å². The topological polar surface area (TPSA) is 33.4 Å². The minimum Gasteiger partial charge on any atom is -0.472 e. The Labute approximate surface area is 102 Å². The van der Waals surface area contributed by atoms with Gasteiger partial charge in [-0.15, -0.1) is 0 Å². The van der Waals surface area contributed by atoms with E-state index in [1.807, 2.05) is 0 Å². The van der Waals surface area contributed by atoms with Crippen molar-refractivity contribution in [1.29, 1.82) is 0 Å². The molecular formula is C13H11F3O2. The van der Waals surface area contributed by atoms with Crippen molar-refractivity contribution in [3.05, 3.63) is 59.5 Å². The second kappa shape index (κ2) is 4.86. The average Bonchev–Trinajstić information content (AvgIpc) is 2.81. The van der Waals surface area contributed by atoms with E-state index in [2.05, 4.69) is 0 Å². The van der Waals surface area contributed by atoms with E-state index < -0.39 is 17.8 Å². The molecule has 2 rings (SSSR count). The van der Waals surface area contributed by atoms with Crippen LogP contribution in [-0.2, 0) is 12.6 Å². The summed E-state index contributed by atoms with van der Waals surface area (Å²) in [5.74, 6) is 0. The Morgan fingerprint density at radius 3 is 2.28 bits per heavy atom. The van der Waals surface area contributed by atoms with Crippen LogP contribution in [0.25, 0.3) is 0 Å². The van der Waals surface area contributed by atoms with Crippen molar-refractivity contribution in [1.82, 2.24) is 0 Å². The zero-order valence-corrected chi connectivity index (χ0v) is 9.32. The Hall–Kier alpha value is -1.75. The first-order chi connectivity index (χ1) is 8.47. The van der Waals surface area contributed by atoms with Crippen LogP contribution in [0.1, 0.15) is 22.8 Å². The Morgan fingerprint density at radius 2 is 1.78 bits per heavy atom. The Balaban J connectivity index is 2.10. The van der Waals surface area contributed by atoms with Crippen molar-refractivity contribution in [3.63, 3.8) is 0 Å². The molecule has 0 fully saturated rings. The molecule has 2 aromatic rings. The van der Waals surface area contributed by atoms with Gasteiger partial charge in [0.2, 0.25) is 0 Å². The van der Waals surface area contributed by atoms with Gasteiger partial charge in [0.1, 0.15) is 0 Å². The van der Waals surface area contributed by atoms with E-state index in [1.165, 1.54) is 24.7 Å². The highest BCUT2D eigenvalue weighted by Gasteiger charge is 2.30. The molecule has 1 heterocycles. The maximum absolute atomic E-state index is 12.4. The fraction of sp³-hybridized carbons (Fsp3) is 0.231. The van der Waals surface area contributed by atoms with Gasteiger partial charge in [-0.05, 0) is 29.3 Å². The first-order valence-electron chi connectivity index (χ1n) is 5.33. The Morgan fingerprint density at radius 1 is 1.11 bits per heavy atom. The Bertz CT molecular complexity index is 486. The summed E-state index contributed by atoms with van der Waals surface area (Å²) in [6.07, 6.45) is -1.91. The number of halogens is 3. The van der Waals surface area contributed by atoms with Crippen molar-refractivity contribution < 1.29 is 22.7 Å². The first-order valence-corrected chi connectivity index (χ1v) is 5.33. The molecule has 1 atom stereocenters. The third kappa shape index (κ3) is 2.92. The van der Waals surface area contributed by atoms with Gasteiger partial charge in [-0.2, -0.15) is 13.2 Å². The van der Waals surface area contributed by atoms with E-state index in [4.69, 9.17) is 4.42 Å². The molecule has 2 nitrogen and oxygen atoms in total. The van der Waals surface area contributed by atoms with Gasteiger partial charge in [0.25, 0.3) is 0 Å². The highest BCUT2D eigenvalue weighted by Crippen LogP contribution is 2.30.